The van der Waals surface area contributed by atoms with E-state index in [2.05, 4.69) is 0 Å². The standard InChI is InChI=1S/C11H13NO2/c12-11(13)9-3-5-10(6-4-9)14-7-8-1-2-8/h3-6,8H,1-2,7H2,(H2,12,13). The van der Waals surface area contributed by atoms with Crippen LogP contribution in [0.3, 0.4) is 0 Å². The number of hydrogen-bond acceptors (Lipinski definition) is 2. The summed E-state index contributed by atoms with van der Waals surface area (Å²) in [6, 6.07) is 6.93. The van der Waals surface area contributed by atoms with Crippen LogP contribution in [0.25, 0.3) is 0 Å². The van der Waals surface area contributed by atoms with Gasteiger partial charge in [-0.2, -0.15) is 0 Å². The fraction of sp³-hybridized carbons (Fsp3) is 0.364. The van der Waals surface area contributed by atoms with Crippen molar-refractivity contribution in [3.63, 3.8) is 0 Å². The van der Waals surface area contributed by atoms with E-state index >= 15 is 0 Å². The number of rotatable bonds is 4. The Bertz CT molecular complexity index is 328. The second kappa shape index (κ2) is 3.70. The highest BCUT2D eigenvalue weighted by atomic mass is 16.5. The predicted octanol–water partition coefficient (Wildman–Crippen LogP) is 1.57. The van der Waals surface area contributed by atoms with E-state index in [1.807, 2.05) is 0 Å². The van der Waals surface area contributed by atoms with E-state index in [0.29, 0.717) is 5.56 Å². The number of benzene rings is 1. The Morgan fingerprint density at radius 1 is 1.36 bits per heavy atom. The van der Waals surface area contributed by atoms with Gasteiger partial charge in [0.05, 0.1) is 6.61 Å². The van der Waals surface area contributed by atoms with E-state index in [0.717, 1.165) is 18.3 Å². The molecule has 0 radical (unpaired) electrons. The molecule has 1 aromatic rings. The van der Waals surface area contributed by atoms with Gasteiger partial charge in [0.2, 0.25) is 5.91 Å². The second-order valence-electron chi connectivity index (χ2n) is 3.64. The average molecular weight is 191 g/mol. The van der Waals surface area contributed by atoms with Gasteiger partial charge in [-0.1, -0.05) is 0 Å². The fourth-order valence-corrected chi connectivity index (χ4v) is 1.21. The Kier molecular flexibility index (Phi) is 2.39. The third-order valence-corrected chi connectivity index (χ3v) is 2.32. The van der Waals surface area contributed by atoms with E-state index in [-0.39, 0.29) is 0 Å². The first-order chi connectivity index (χ1) is 6.75. The van der Waals surface area contributed by atoms with Crippen molar-refractivity contribution in [2.75, 3.05) is 6.61 Å². The number of carbonyl (C=O) groups is 1. The summed E-state index contributed by atoms with van der Waals surface area (Å²) in [6.45, 7) is 0.788. The highest BCUT2D eigenvalue weighted by Gasteiger charge is 2.21. The van der Waals surface area contributed by atoms with Crippen molar-refractivity contribution in [2.45, 2.75) is 12.8 Å². The average Bonchev–Trinajstić information content (AvgIpc) is 2.99. The van der Waals surface area contributed by atoms with E-state index in [9.17, 15) is 4.79 Å². The van der Waals surface area contributed by atoms with Crippen molar-refractivity contribution >= 4 is 5.91 Å². The molecule has 1 fully saturated rings. The molecule has 0 bridgehead atoms. The van der Waals surface area contributed by atoms with Gasteiger partial charge in [-0.15, -0.1) is 0 Å². The minimum atomic E-state index is -0.404. The maximum atomic E-state index is 10.8. The van der Waals surface area contributed by atoms with E-state index in [1.54, 1.807) is 24.3 Å². The summed E-state index contributed by atoms with van der Waals surface area (Å²) >= 11 is 0. The molecule has 1 aliphatic carbocycles. The van der Waals surface area contributed by atoms with Crippen molar-refractivity contribution in [2.24, 2.45) is 11.7 Å². The van der Waals surface area contributed by atoms with E-state index in [4.69, 9.17) is 10.5 Å². The molecular formula is C11H13NO2. The van der Waals surface area contributed by atoms with Crippen LogP contribution in [-0.2, 0) is 0 Å². The van der Waals surface area contributed by atoms with Crippen molar-refractivity contribution in [3.05, 3.63) is 29.8 Å². The minimum absolute atomic E-state index is 0.404. The highest BCUT2D eigenvalue weighted by molar-refractivity contribution is 5.92. The summed E-state index contributed by atoms with van der Waals surface area (Å²) in [6.07, 6.45) is 2.55. The molecule has 74 valence electrons. The summed E-state index contributed by atoms with van der Waals surface area (Å²) in [4.78, 5) is 10.8. The second-order valence-corrected chi connectivity index (χ2v) is 3.64. The minimum Gasteiger partial charge on any atom is -0.493 e. The fourth-order valence-electron chi connectivity index (χ4n) is 1.21. The van der Waals surface area contributed by atoms with Gasteiger partial charge < -0.3 is 10.5 Å². The van der Waals surface area contributed by atoms with Crippen LogP contribution < -0.4 is 10.5 Å². The van der Waals surface area contributed by atoms with E-state index < -0.39 is 5.91 Å². The van der Waals surface area contributed by atoms with Crippen LogP contribution in [-0.4, -0.2) is 12.5 Å². The number of ether oxygens (including phenoxy) is 1. The first kappa shape index (κ1) is 9.06. The topological polar surface area (TPSA) is 52.3 Å². The van der Waals surface area contributed by atoms with Crippen molar-refractivity contribution in [1.82, 2.24) is 0 Å². The van der Waals surface area contributed by atoms with Gasteiger partial charge in [0.1, 0.15) is 5.75 Å². The molecule has 0 aromatic heterocycles. The SMILES string of the molecule is NC(=O)c1ccc(OCC2CC2)cc1. The molecule has 0 spiro atoms. The molecule has 1 saturated carbocycles. The molecule has 0 atom stereocenters. The molecule has 0 unspecified atom stereocenters. The van der Waals surface area contributed by atoms with Crippen LogP contribution in [0.2, 0.25) is 0 Å². The molecule has 3 heteroatoms. The Morgan fingerprint density at radius 3 is 2.50 bits per heavy atom. The summed E-state index contributed by atoms with van der Waals surface area (Å²) in [5.74, 6) is 1.14. The molecule has 2 rings (SSSR count). The van der Waals surface area contributed by atoms with Gasteiger partial charge in [0.25, 0.3) is 0 Å². The maximum absolute atomic E-state index is 10.8. The van der Waals surface area contributed by atoms with Crippen molar-refractivity contribution in [3.8, 4) is 5.75 Å². The lowest BCUT2D eigenvalue weighted by atomic mass is 10.2. The third-order valence-electron chi connectivity index (χ3n) is 2.32. The number of carbonyl (C=O) groups excluding carboxylic acids is 1. The molecule has 1 aromatic carbocycles. The third kappa shape index (κ3) is 2.25. The van der Waals surface area contributed by atoms with Gasteiger partial charge >= 0.3 is 0 Å². The molecule has 2 N–H and O–H groups in total. The van der Waals surface area contributed by atoms with Gasteiger partial charge in [-0.05, 0) is 43.0 Å². The van der Waals surface area contributed by atoms with Gasteiger partial charge in [-0.3, -0.25) is 4.79 Å². The Hall–Kier alpha value is -1.51. The van der Waals surface area contributed by atoms with Crippen LogP contribution in [0.1, 0.15) is 23.2 Å². The predicted molar refractivity (Wildman–Crippen MR) is 53.2 cm³/mol. The summed E-state index contributed by atoms with van der Waals surface area (Å²) in [7, 11) is 0. The number of amides is 1. The molecule has 1 amide bonds. The molecule has 0 heterocycles. The monoisotopic (exact) mass is 191 g/mol. The Balaban J connectivity index is 1.94. The van der Waals surface area contributed by atoms with Crippen molar-refractivity contribution < 1.29 is 9.53 Å². The molecule has 1 aliphatic rings. The molecule has 0 saturated heterocycles. The van der Waals surface area contributed by atoms with E-state index in [1.165, 1.54) is 12.8 Å². The van der Waals surface area contributed by atoms with Crippen molar-refractivity contribution in [1.29, 1.82) is 0 Å². The number of hydrogen-bond donors (Lipinski definition) is 1. The largest absolute Gasteiger partial charge is 0.493 e. The lowest BCUT2D eigenvalue weighted by molar-refractivity contribution is 0.100. The normalized spacial score (nSPS) is 15.1. The first-order valence-electron chi connectivity index (χ1n) is 4.78. The summed E-state index contributed by atoms with van der Waals surface area (Å²) in [5, 5.41) is 0. The van der Waals surface area contributed by atoms with Crippen LogP contribution in [0.15, 0.2) is 24.3 Å². The number of nitrogens with two attached hydrogens (primary N) is 1. The number of primary amides is 1. The zero-order valence-corrected chi connectivity index (χ0v) is 7.90. The highest BCUT2D eigenvalue weighted by Crippen LogP contribution is 2.29. The van der Waals surface area contributed by atoms with Crippen LogP contribution in [0.4, 0.5) is 0 Å². The molecule has 3 nitrogen and oxygen atoms in total. The zero-order valence-electron chi connectivity index (χ0n) is 7.90. The first-order valence-corrected chi connectivity index (χ1v) is 4.78. The van der Waals surface area contributed by atoms with Crippen LogP contribution in [0, 0.1) is 5.92 Å². The molecule has 14 heavy (non-hydrogen) atoms. The smallest absolute Gasteiger partial charge is 0.248 e. The van der Waals surface area contributed by atoms with Gasteiger partial charge in [0.15, 0.2) is 0 Å². The molecule has 0 aliphatic heterocycles. The maximum Gasteiger partial charge on any atom is 0.248 e. The summed E-state index contributed by atoms with van der Waals surface area (Å²) < 4.78 is 5.51. The van der Waals surface area contributed by atoms with Gasteiger partial charge in [0, 0.05) is 5.56 Å². The van der Waals surface area contributed by atoms with Crippen LogP contribution >= 0.6 is 0 Å². The quantitative estimate of drug-likeness (QED) is 0.785. The lowest BCUT2D eigenvalue weighted by Crippen LogP contribution is -2.10. The Morgan fingerprint density at radius 2 is 2.00 bits per heavy atom. The lowest BCUT2D eigenvalue weighted by Gasteiger charge is -2.04. The zero-order chi connectivity index (χ0) is 9.97. The summed E-state index contributed by atoms with van der Waals surface area (Å²) in [5.41, 5.74) is 5.63. The van der Waals surface area contributed by atoms with Crippen LogP contribution in [0.5, 0.6) is 5.75 Å². The molecular weight excluding hydrogens is 178 g/mol. The Labute approximate surface area is 82.9 Å². The van der Waals surface area contributed by atoms with Gasteiger partial charge in [-0.25, -0.2) is 0 Å².